The normalized spacial score (nSPS) is 20.6. The van der Waals surface area contributed by atoms with Gasteiger partial charge in [-0.25, -0.2) is 12.7 Å². The molecule has 2 aliphatic rings. The van der Waals surface area contributed by atoms with Crippen molar-refractivity contribution >= 4 is 33.4 Å². The molecule has 9 nitrogen and oxygen atoms in total. The fourth-order valence-corrected chi connectivity index (χ4v) is 5.87. The van der Waals surface area contributed by atoms with Gasteiger partial charge in [0.2, 0.25) is 11.8 Å². The molecule has 0 radical (unpaired) electrons. The van der Waals surface area contributed by atoms with Crippen molar-refractivity contribution < 1.29 is 22.7 Å². The van der Waals surface area contributed by atoms with Gasteiger partial charge in [-0.05, 0) is 63.5 Å². The smallest absolute Gasteiger partial charge is 0.266 e. The Kier molecular flexibility index (Phi) is 8.37. The number of nitrogens with two attached hydrogens (primary N) is 1. The molecule has 0 saturated carbocycles. The van der Waals surface area contributed by atoms with Crippen molar-refractivity contribution in [1.82, 2.24) is 14.9 Å². The van der Waals surface area contributed by atoms with E-state index in [0.29, 0.717) is 25.3 Å². The van der Waals surface area contributed by atoms with Crippen LogP contribution >= 0.6 is 11.6 Å². The highest BCUT2D eigenvalue weighted by molar-refractivity contribution is 7.89. The second-order valence-electron chi connectivity index (χ2n) is 8.34. The van der Waals surface area contributed by atoms with Crippen LogP contribution in [0.1, 0.15) is 39.0 Å². The van der Waals surface area contributed by atoms with E-state index in [-0.39, 0.29) is 28.9 Å². The maximum atomic E-state index is 13.5. The van der Waals surface area contributed by atoms with Crippen molar-refractivity contribution in [2.24, 2.45) is 11.7 Å². The molecule has 3 rings (SSSR count). The SMILES string of the molecule is C[C@@H](CCC(=O)N([C@H]1CCNC1)S(=O)(=O)c1ccc(OC2CCNCC2)c(Cl)c1)C(N)=O. The highest BCUT2D eigenvalue weighted by atomic mass is 35.5. The number of hydrogen-bond acceptors (Lipinski definition) is 7. The molecule has 2 saturated heterocycles. The zero-order valence-corrected chi connectivity index (χ0v) is 19.8. The molecule has 2 atom stereocenters. The molecule has 178 valence electrons. The Morgan fingerprint density at radius 3 is 2.50 bits per heavy atom. The number of benzene rings is 1. The number of primary amides is 1. The average molecular weight is 487 g/mol. The van der Waals surface area contributed by atoms with Crippen molar-refractivity contribution in [3.8, 4) is 5.75 Å². The molecule has 11 heteroatoms. The summed E-state index contributed by atoms with van der Waals surface area (Å²) in [4.78, 5) is 24.2. The first-order valence-electron chi connectivity index (χ1n) is 10.9. The van der Waals surface area contributed by atoms with Crippen LogP contribution in [0.25, 0.3) is 0 Å². The van der Waals surface area contributed by atoms with E-state index in [0.717, 1.165) is 30.2 Å². The van der Waals surface area contributed by atoms with Crippen molar-refractivity contribution in [2.75, 3.05) is 26.2 Å². The molecule has 2 aliphatic heterocycles. The minimum absolute atomic E-state index is 0.0195. The number of carbonyl (C=O) groups is 2. The molecule has 4 N–H and O–H groups in total. The molecule has 0 aromatic heterocycles. The molecule has 1 aromatic carbocycles. The number of carbonyl (C=O) groups excluding carboxylic acids is 2. The molecule has 0 spiro atoms. The molecule has 2 fully saturated rings. The number of nitrogens with one attached hydrogen (secondary N) is 2. The van der Waals surface area contributed by atoms with Crippen LogP contribution in [0.15, 0.2) is 23.1 Å². The molecule has 1 aromatic rings. The first-order chi connectivity index (χ1) is 15.2. The van der Waals surface area contributed by atoms with Gasteiger partial charge in [0.25, 0.3) is 10.0 Å². The van der Waals surface area contributed by atoms with E-state index in [1.54, 1.807) is 13.0 Å². The van der Waals surface area contributed by atoms with Crippen molar-refractivity contribution in [2.45, 2.75) is 56.1 Å². The number of sulfonamides is 1. The number of amides is 2. The number of piperidine rings is 1. The minimum atomic E-state index is -4.15. The van der Waals surface area contributed by atoms with Crippen molar-refractivity contribution in [3.05, 3.63) is 23.2 Å². The summed E-state index contributed by atoms with van der Waals surface area (Å²) in [5.74, 6) is -1.18. The number of nitrogens with zero attached hydrogens (tertiary/aromatic N) is 1. The van der Waals surface area contributed by atoms with Crippen LogP contribution in [-0.4, -0.2) is 62.9 Å². The van der Waals surface area contributed by atoms with Crippen LogP contribution in [0.2, 0.25) is 5.02 Å². The lowest BCUT2D eigenvalue weighted by Crippen LogP contribution is -2.45. The largest absolute Gasteiger partial charge is 0.489 e. The third-order valence-corrected chi connectivity index (χ3v) is 8.09. The third-order valence-electron chi connectivity index (χ3n) is 5.93. The van der Waals surface area contributed by atoms with Crippen molar-refractivity contribution in [1.29, 1.82) is 0 Å². The minimum Gasteiger partial charge on any atom is -0.489 e. The summed E-state index contributed by atoms with van der Waals surface area (Å²) < 4.78 is 33.8. The lowest BCUT2D eigenvalue weighted by atomic mass is 10.0. The number of hydrogen-bond donors (Lipinski definition) is 3. The summed E-state index contributed by atoms with van der Waals surface area (Å²) in [6.45, 7) is 4.32. The van der Waals surface area contributed by atoms with Gasteiger partial charge in [0.05, 0.1) is 16.0 Å². The van der Waals surface area contributed by atoms with Gasteiger partial charge in [0.1, 0.15) is 11.9 Å². The Bertz CT molecular complexity index is 930. The van der Waals surface area contributed by atoms with E-state index in [9.17, 15) is 18.0 Å². The Hall–Kier alpha value is -1.88. The summed E-state index contributed by atoms with van der Waals surface area (Å²) in [6, 6.07) is 3.80. The Labute approximate surface area is 194 Å². The van der Waals surface area contributed by atoms with Gasteiger partial charge >= 0.3 is 0 Å². The molecule has 2 heterocycles. The quantitative estimate of drug-likeness (QED) is 0.478. The number of rotatable bonds is 9. The molecule has 2 amide bonds. The monoisotopic (exact) mass is 486 g/mol. The number of halogens is 1. The Morgan fingerprint density at radius 1 is 1.22 bits per heavy atom. The predicted octanol–water partition coefficient (Wildman–Crippen LogP) is 1.25. The molecule has 0 bridgehead atoms. The standard InChI is InChI=1S/C21H31ClN4O5S/c1-14(21(23)28)2-5-20(27)26(15-6-9-25-13-15)32(29,30)17-3-4-19(18(22)12-17)31-16-7-10-24-11-8-16/h3-4,12,14-16,24-25H,2,5-11,13H2,1H3,(H2,23,28)/t14-,15-/m0/s1. The van der Waals surface area contributed by atoms with Gasteiger partial charge in [-0.15, -0.1) is 0 Å². The third kappa shape index (κ3) is 5.92. The summed E-state index contributed by atoms with van der Waals surface area (Å²) in [5, 5.41) is 6.54. The van der Waals surface area contributed by atoms with Gasteiger partial charge in [0.15, 0.2) is 0 Å². The van der Waals surface area contributed by atoms with Crippen LogP contribution in [0.5, 0.6) is 5.75 Å². The fourth-order valence-electron chi connectivity index (χ4n) is 3.91. The van der Waals surface area contributed by atoms with E-state index in [2.05, 4.69) is 10.6 Å². The van der Waals surface area contributed by atoms with Gasteiger partial charge < -0.3 is 21.1 Å². The van der Waals surface area contributed by atoms with Crippen LogP contribution in [0.4, 0.5) is 0 Å². The second kappa shape index (κ2) is 10.8. The van der Waals surface area contributed by atoms with Crippen LogP contribution in [0, 0.1) is 5.92 Å². The van der Waals surface area contributed by atoms with E-state index in [1.165, 1.54) is 12.1 Å². The first kappa shape index (κ1) is 24.8. The zero-order chi connectivity index (χ0) is 23.3. The predicted molar refractivity (Wildman–Crippen MR) is 121 cm³/mol. The summed E-state index contributed by atoms with van der Waals surface area (Å²) in [7, 11) is -4.15. The lowest BCUT2D eigenvalue weighted by Gasteiger charge is -2.28. The molecular formula is C21H31ClN4O5S. The fraction of sp³-hybridized carbons (Fsp3) is 0.619. The summed E-state index contributed by atoms with van der Waals surface area (Å²) >= 11 is 6.36. The second-order valence-corrected chi connectivity index (χ2v) is 10.6. The average Bonchev–Trinajstić information content (AvgIpc) is 3.28. The van der Waals surface area contributed by atoms with Gasteiger partial charge in [-0.3, -0.25) is 9.59 Å². The van der Waals surface area contributed by atoms with Crippen LogP contribution in [0.3, 0.4) is 0 Å². The lowest BCUT2D eigenvalue weighted by molar-refractivity contribution is -0.128. The maximum Gasteiger partial charge on any atom is 0.266 e. The van der Waals surface area contributed by atoms with Gasteiger partial charge in [-0.2, -0.15) is 0 Å². The van der Waals surface area contributed by atoms with E-state index in [4.69, 9.17) is 22.1 Å². The summed E-state index contributed by atoms with van der Waals surface area (Å²) in [5.41, 5.74) is 5.27. The zero-order valence-electron chi connectivity index (χ0n) is 18.2. The van der Waals surface area contributed by atoms with Gasteiger partial charge in [-0.1, -0.05) is 18.5 Å². The molecule has 32 heavy (non-hydrogen) atoms. The van der Waals surface area contributed by atoms with Gasteiger partial charge in [0, 0.05) is 18.9 Å². The Balaban J connectivity index is 1.81. The first-order valence-corrected chi connectivity index (χ1v) is 12.8. The van der Waals surface area contributed by atoms with E-state index < -0.39 is 33.8 Å². The Morgan fingerprint density at radius 2 is 1.91 bits per heavy atom. The van der Waals surface area contributed by atoms with Crippen LogP contribution < -0.4 is 21.1 Å². The highest BCUT2D eigenvalue weighted by Gasteiger charge is 2.37. The molecule has 0 aliphatic carbocycles. The maximum absolute atomic E-state index is 13.5. The topological polar surface area (TPSA) is 131 Å². The number of ether oxygens (including phenoxy) is 1. The highest BCUT2D eigenvalue weighted by Crippen LogP contribution is 2.32. The molecule has 0 unspecified atom stereocenters. The van der Waals surface area contributed by atoms with Crippen LogP contribution in [-0.2, 0) is 19.6 Å². The van der Waals surface area contributed by atoms with E-state index >= 15 is 0 Å². The van der Waals surface area contributed by atoms with E-state index in [1.807, 2.05) is 0 Å². The summed E-state index contributed by atoms with van der Waals surface area (Å²) in [6.07, 6.45) is 2.31. The van der Waals surface area contributed by atoms with Crippen molar-refractivity contribution in [3.63, 3.8) is 0 Å². The molecular weight excluding hydrogens is 456 g/mol.